The lowest BCUT2D eigenvalue weighted by Crippen LogP contribution is -2.49. The van der Waals surface area contributed by atoms with Gasteiger partial charge in [-0.05, 0) is 37.2 Å². The third kappa shape index (κ3) is 4.47. The molecule has 1 aromatic rings. The van der Waals surface area contributed by atoms with Crippen molar-refractivity contribution in [1.82, 2.24) is 10.2 Å². The number of amides is 2. The Balaban J connectivity index is 1.64. The van der Waals surface area contributed by atoms with Gasteiger partial charge >= 0.3 is 0 Å². The molecule has 2 atom stereocenters. The summed E-state index contributed by atoms with van der Waals surface area (Å²) in [6.45, 7) is 1.62. The normalized spacial score (nSPS) is 21.0. The first-order valence-corrected chi connectivity index (χ1v) is 9.01. The zero-order chi connectivity index (χ0) is 16.8. The number of rotatable bonds is 6. The van der Waals surface area contributed by atoms with Crippen molar-refractivity contribution in [2.75, 3.05) is 13.1 Å². The molecule has 1 fully saturated rings. The van der Waals surface area contributed by atoms with Crippen LogP contribution < -0.4 is 5.32 Å². The van der Waals surface area contributed by atoms with Gasteiger partial charge in [0.05, 0.1) is 0 Å². The van der Waals surface area contributed by atoms with E-state index >= 15 is 0 Å². The van der Waals surface area contributed by atoms with Gasteiger partial charge in [0.25, 0.3) is 0 Å². The summed E-state index contributed by atoms with van der Waals surface area (Å²) in [4.78, 5) is 27.1. The second-order valence-electron chi connectivity index (χ2n) is 6.81. The number of hydrogen-bond acceptors (Lipinski definition) is 2. The van der Waals surface area contributed by atoms with Gasteiger partial charge in [-0.1, -0.05) is 42.5 Å². The topological polar surface area (TPSA) is 49.4 Å². The molecule has 1 N–H and O–H groups in total. The summed E-state index contributed by atoms with van der Waals surface area (Å²) < 4.78 is 0. The number of likely N-dealkylation sites (tertiary alicyclic amines) is 1. The predicted molar refractivity (Wildman–Crippen MR) is 94.4 cm³/mol. The fourth-order valence-corrected chi connectivity index (χ4v) is 3.56. The van der Waals surface area contributed by atoms with Crippen molar-refractivity contribution >= 4 is 11.8 Å². The van der Waals surface area contributed by atoms with E-state index < -0.39 is 6.04 Å². The Bertz CT molecular complexity index is 591. The summed E-state index contributed by atoms with van der Waals surface area (Å²) >= 11 is 0. The van der Waals surface area contributed by atoms with E-state index in [4.69, 9.17) is 0 Å². The summed E-state index contributed by atoms with van der Waals surface area (Å²) in [5.41, 5.74) is 1.08. The molecule has 3 rings (SSSR count). The third-order valence-corrected chi connectivity index (χ3v) is 4.89. The highest BCUT2D eigenvalue weighted by atomic mass is 16.2. The second kappa shape index (κ2) is 8.13. The van der Waals surface area contributed by atoms with Gasteiger partial charge in [-0.15, -0.1) is 0 Å². The molecule has 0 unspecified atom stereocenters. The number of benzene rings is 1. The number of nitrogens with one attached hydrogen (secondary N) is 1. The summed E-state index contributed by atoms with van der Waals surface area (Å²) in [6.07, 6.45) is 9.50. The van der Waals surface area contributed by atoms with E-state index in [2.05, 4.69) is 17.5 Å². The largest absolute Gasteiger partial charge is 0.344 e. The van der Waals surface area contributed by atoms with E-state index in [1.54, 1.807) is 0 Å². The van der Waals surface area contributed by atoms with E-state index in [0.717, 1.165) is 44.3 Å². The van der Waals surface area contributed by atoms with E-state index in [9.17, 15) is 9.59 Å². The van der Waals surface area contributed by atoms with Gasteiger partial charge in [0.1, 0.15) is 6.04 Å². The minimum atomic E-state index is -0.455. The van der Waals surface area contributed by atoms with E-state index in [-0.39, 0.29) is 11.8 Å². The van der Waals surface area contributed by atoms with Crippen LogP contribution in [0.15, 0.2) is 42.5 Å². The molecule has 1 saturated heterocycles. The van der Waals surface area contributed by atoms with Crippen LogP contribution in [0.2, 0.25) is 0 Å². The Morgan fingerprint density at radius 1 is 1.17 bits per heavy atom. The molecule has 4 nitrogen and oxygen atoms in total. The lowest BCUT2D eigenvalue weighted by molar-refractivity contribution is -0.135. The number of hydrogen-bond donors (Lipinski definition) is 1. The second-order valence-corrected chi connectivity index (χ2v) is 6.81. The molecular formula is C20H26N2O2. The Morgan fingerprint density at radius 2 is 1.92 bits per heavy atom. The van der Waals surface area contributed by atoms with Crippen molar-refractivity contribution in [1.29, 1.82) is 0 Å². The van der Waals surface area contributed by atoms with Crippen LogP contribution in [0.3, 0.4) is 0 Å². The lowest BCUT2D eigenvalue weighted by atomic mass is 10.0. The number of carbonyl (C=O) groups excluding carboxylic acids is 2. The van der Waals surface area contributed by atoms with Crippen LogP contribution in [0.4, 0.5) is 0 Å². The van der Waals surface area contributed by atoms with Crippen LogP contribution in [0.5, 0.6) is 0 Å². The number of carbonyl (C=O) groups is 2. The monoisotopic (exact) mass is 326 g/mol. The Morgan fingerprint density at radius 3 is 2.58 bits per heavy atom. The fraction of sp³-hybridized carbons (Fsp3) is 0.500. The molecule has 0 bridgehead atoms. The quantitative estimate of drug-likeness (QED) is 0.817. The number of allylic oxidation sites excluding steroid dienone is 2. The highest BCUT2D eigenvalue weighted by molar-refractivity contribution is 5.88. The Labute approximate surface area is 143 Å². The zero-order valence-corrected chi connectivity index (χ0v) is 14.1. The van der Waals surface area contributed by atoms with Crippen molar-refractivity contribution < 1.29 is 9.59 Å². The SMILES string of the molecule is O=C(C[C@H]1C=CCC1)N[C@@H](Cc1ccccc1)C(=O)N1CCCC1. The maximum Gasteiger partial charge on any atom is 0.245 e. The predicted octanol–water partition coefficient (Wildman–Crippen LogP) is 2.69. The average molecular weight is 326 g/mol. The van der Waals surface area contributed by atoms with Gasteiger partial charge in [-0.3, -0.25) is 9.59 Å². The van der Waals surface area contributed by atoms with Gasteiger partial charge in [-0.2, -0.15) is 0 Å². The Kier molecular flexibility index (Phi) is 5.68. The van der Waals surface area contributed by atoms with Crippen molar-refractivity contribution in [3.63, 3.8) is 0 Å². The first kappa shape index (κ1) is 16.7. The summed E-state index contributed by atoms with van der Waals surface area (Å²) in [5, 5.41) is 3.01. The molecule has 1 aromatic carbocycles. The van der Waals surface area contributed by atoms with Crippen LogP contribution in [0.25, 0.3) is 0 Å². The van der Waals surface area contributed by atoms with Crippen LogP contribution >= 0.6 is 0 Å². The van der Waals surface area contributed by atoms with Gasteiger partial charge in [0.2, 0.25) is 11.8 Å². The van der Waals surface area contributed by atoms with E-state index in [1.807, 2.05) is 35.2 Å². The molecule has 2 aliphatic rings. The lowest BCUT2D eigenvalue weighted by Gasteiger charge is -2.24. The molecule has 128 valence electrons. The van der Waals surface area contributed by atoms with E-state index in [1.165, 1.54) is 0 Å². The highest BCUT2D eigenvalue weighted by Crippen LogP contribution is 2.20. The standard InChI is InChI=1S/C20H26N2O2/c23-19(15-17-10-4-5-11-17)21-18(14-16-8-2-1-3-9-16)20(24)22-12-6-7-13-22/h1-4,8-10,17-18H,5-7,11-15H2,(H,21,23)/t17-,18-/m0/s1. The number of nitrogens with zero attached hydrogens (tertiary/aromatic N) is 1. The molecule has 1 aliphatic carbocycles. The van der Waals surface area contributed by atoms with Crippen LogP contribution in [-0.4, -0.2) is 35.8 Å². The van der Waals surface area contributed by atoms with Gasteiger partial charge in [0, 0.05) is 25.9 Å². The zero-order valence-electron chi connectivity index (χ0n) is 14.1. The minimum absolute atomic E-state index is 0.0139. The molecule has 24 heavy (non-hydrogen) atoms. The van der Waals surface area contributed by atoms with Crippen LogP contribution in [0.1, 0.15) is 37.7 Å². The first-order chi connectivity index (χ1) is 11.7. The molecule has 0 saturated carbocycles. The molecule has 2 amide bonds. The molecule has 0 spiro atoms. The average Bonchev–Trinajstić information content (AvgIpc) is 3.28. The third-order valence-electron chi connectivity index (χ3n) is 4.89. The first-order valence-electron chi connectivity index (χ1n) is 9.01. The van der Waals surface area contributed by atoms with Crippen molar-refractivity contribution in [3.8, 4) is 0 Å². The Hall–Kier alpha value is -2.10. The van der Waals surface area contributed by atoms with Crippen molar-refractivity contribution in [2.24, 2.45) is 5.92 Å². The molecule has 1 heterocycles. The maximum absolute atomic E-state index is 12.8. The van der Waals surface area contributed by atoms with Crippen molar-refractivity contribution in [2.45, 2.75) is 44.6 Å². The molecular weight excluding hydrogens is 300 g/mol. The molecule has 0 radical (unpaired) electrons. The summed E-state index contributed by atoms with van der Waals surface area (Å²) in [5.74, 6) is 0.371. The molecule has 4 heteroatoms. The van der Waals surface area contributed by atoms with E-state index in [0.29, 0.717) is 18.8 Å². The van der Waals surface area contributed by atoms with Gasteiger partial charge in [0.15, 0.2) is 0 Å². The van der Waals surface area contributed by atoms with Crippen LogP contribution in [0, 0.1) is 5.92 Å². The van der Waals surface area contributed by atoms with Crippen LogP contribution in [-0.2, 0) is 16.0 Å². The fourth-order valence-electron chi connectivity index (χ4n) is 3.56. The molecule has 0 aromatic heterocycles. The molecule has 1 aliphatic heterocycles. The van der Waals surface area contributed by atoms with Crippen molar-refractivity contribution in [3.05, 3.63) is 48.0 Å². The highest BCUT2D eigenvalue weighted by Gasteiger charge is 2.28. The van der Waals surface area contributed by atoms with Gasteiger partial charge in [-0.25, -0.2) is 0 Å². The maximum atomic E-state index is 12.8. The summed E-state index contributed by atoms with van der Waals surface area (Å²) in [6, 6.07) is 9.47. The summed E-state index contributed by atoms with van der Waals surface area (Å²) in [7, 11) is 0. The smallest absolute Gasteiger partial charge is 0.245 e. The van der Waals surface area contributed by atoms with Gasteiger partial charge < -0.3 is 10.2 Å². The minimum Gasteiger partial charge on any atom is -0.344 e.